The Hall–Kier alpha value is -1.78. The summed E-state index contributed by atoms with van der Waals surface area (Å²) in [7, 11) is 1.81. The van der Waals surface area contributed by atoms with E-state index in [0.717, 1.165) is 0 Å². The van der Waals surface area contributed by atoms with Crippen molar-refractivity contribution in [3.05, 3.63) is 24.0 Å². The molecule has 0 bridgehead atoms. The van der Waals surface area contributed by atoms with E-state index in [1.54, 1.807) is 50.7 Å². The van der Waals surface area contributed by atoms with Crippen molar-refractivity contribution in [1.29, 1.82) is 0 Å². The van der Waals surface area contributed by atoms with E-state index in [-0.39, 0.29) is 5.78 Å². The normalized spacial score (nSPS) is 13.7. The Labute approximate surface area is 126 Å². The molecule has 5 nitrogen and oxygen atoms in total. The quantitative estimate of drug-likeness (QED) is 0.871. The van der Waals surface area contributed by atoms with Crippen LogP contribution in [0.2, 0.25) is 0 Å². The second-order valence-corrected chi connectivity index (χ2v) is 7.31. The Morgan fingerprint density at radius 1 is 1.19 bits per heavy atom. The predicted molar refractivity (Wildman–Crippen MR) is 82.4 cm³/mol. The lowest BCUT2D eigenvalue weighted by molar-refractivity contribution is 0.0444. The van der Waals surface area contributed by atoms with Gasteiger partial charge in [0.15, 0.2) is 0 Å². The van der Waals surface area contributed by atoms with Crippen LogP contribution in [0.3, 0.4) is 0 Å². The van der Waals surface area contributed by atoms with Crippen LogP contribution in [0.25, 0.3) is 0 Å². The molecule has 0 fully saturated rings. The Bertz CT molecular complexity index is 518. The number of aromatic nitrogens is 1. The second kappa shape index (κ2) is 5.92. The first kappa shape index (κ1) is 17.3. The van der Waals surface area contributed by atoms with Crippen LogP contribution < -0.4 is 5.32 Å². The van der Waals surface area contributed by atoms with E-state index in [1.807, 2.05) is 20.8 Å². The highest BCUT2D eigenvalue weighted by atomic mass is 16.6. The summed E-state index contributed by atoms with van der Waals surface area (Å²) in [5.74, 6) is -0.124. The molecule has 118 valence electrons. The monoisotopic (exact) mass is 294 g/mol. The van der Waals surface area contributed by atoms with Crippen molar-refractivity contribution < 1.29 is 14.3 Å². The van der Waals surface area contributed by atoms with Crippen molar-refractivity contribution in [2.24, 2.45) is 12.5 Å². The lowest BCUT2D eigenvalue weighted by Gasteiger charge is -2.31. The van der Waals surface area contributed by atoms with E-state index in [2.05, 4.69) is 5.32 Å². The molecule has 21 heavy (non-hydrogen) atoms. The van der Waals surface area contributed by atoms with Gasteiger partial charge in [-0.2, -0.15) is 0 Å². The molecule has 1 rings (SSSR count). The summed E-state index contributed by atoms with van der Waals surface area (Å²) in [6.07, 6.45) is 1.23. The summed E-state index contributed by atoms with van der Waals surface area (Å²) in [6, 6.07) is 2.90. The molecule has 0 unspecified atom stereocenters. The molecule has 1 aromatic heterocycles. The van der Waals surface area contributed by atoms with Gasteiger partial charge in [0.2, 0.25) is 5.78 Å². The van der Waals surface area contributed by atoms with Crippen molar-refractivity contribution in [1.82, 2.24) is 9.88 Å². The zero-order chi connectivity index (χ0) is 16.4. The Kier molecular flexibility index (Phi) is 4.87. The van der Waals surface area contributed by atoms with Gasteiger partial charge in [0, 0.05) is 13.2 Å². The molecule has 1 heterocycles. The maximum atomic E-state index is 12.7. The highest BCUT2D eigenvalue weighted by molar-refractivity contribution is 6.00. The smallest absolute Gasteiger partial charge is 0.408 e. The van der Waals surface area contributed by atoms with Crippen LogP contribution >= 0.6 is 0 Å². The van der Waals surface area contributed by atoms with Crippen molar-refractivity contribution in [2.45, 2.75) is 53.2 Å². The first-order chi connectivity index (χ1) is 9.42. The van der Waals surface area contributed by atoms with Gasteiger partial charge in [0.25, 0.3) is 0 Å². The fourth-order valence-corrected chi connectivity index (χ4v) is 1.97. The lowest BCUT2D eigenvalue weighted by atomic mass is 9.83. The third kappa shape index (κ3) is 4.92. The molecular formula is C16H26N2O3. The number of alkyl carbamates (subject to hydrolysis) is 1. The zero-order valence-electron chi connectivity index (χ0n) is 14.0. The predicted octanol–water partition coefficient (Wildman–Crippen LogP) is 3.15. The van der Waals surface area contributed by atoms with Crippen molar-refractivity contribution >= 4 is 11.9 Å². The molecule has 0 radical (unpaired) electrons. The van der Waals surface area contributed by atoms with Crippen LogP contribution in [0.5, 0.6) is 0 Å². The molecule has 1 aromatic rings. The topological polar surface area (TPSA) is 60.3 Å². The molecule has 0 aliphatic rings. The number of hydrogen-bond acceptors (Lipinski definition) is 3. The molecule has 0 aliphatic carbocycles. The zero-order valence-corrected chi connectivity index (χ0v) is 14.0. The summed E-state index contributed by atoms with van der Waals surface area (Å²) in [6.45, 7) is 11.1. The van der Waals surface area contributed by atoms with Gasteiger partial charge in [0.1, 0.15) is 11.6 Å². The van der Waals surface area contributed by atoms with Gasteiger partial charge in [-0.25, -0.2) is 4.79 Å². The second-order valence-electron chi connectivity index (χ2n) is 7.31. The van der Waals surface area contributed by atoms with Gasteiger partial charge in [-0.05, 0) is 38.3 Å². The van der Waals surface area contributed by atoms with E-state index >= 15 is 0 Å². The standard InChI is InChI=1S/C16H26N2O3/c1-15(2,3)13(17-14(20)21-16(4,5)6)12(19)11-9-8-10-18(11)7/h8-10,13H,1-7H3,(H,17,20)/t13-/m1/s1. The fraction of sp³-hybridized carbons (Fsp3) is 0.625. The summed E-state index contributed by atoms with van der Waals surface area (Å²) in [4.78, 5) is 24.7. The number of amides is 1. The summed E-state index contributed by atoms with van der Waals surface area (Å²) >= 11 is 0. The number of carbonyl (C=O) groups excluding carboxylic acids is 2. The first-order valence-electron chi connectivity index (χ1n) is 7.07. The van der Waals surface area contributed by atoms with Gasteiger partial charge in [-0.15, -0.1) is 0 Å². The Morgan fingerprint density at radius 3 is 2.14 bits per heavy atom. The highest BCUT2D eigenvalue weighted by Crippen LogP contribution is 2.23. The summed E-state index contributed by atoms with van der Waals surface area (Å²) < 4.78 is 7.00. The molecule has 1 amide bonds. The van der Waals surface area contributed by atoms with Crippen LogP contribution in [-0.2, 0) is 11.8 Å². The van der Waals surface area contributed by atoms with Gasteiger partial charge in [0.05, 0.1) is 5.69 Å². The molecule has 5 heteroatoms. The number of nitrogens with one attached hydrogen (secondary N) is 1. The summed E-state index contributed by atoms with van der Waals surface area (Å²) in [5.41, 5.74) is -0.454. The van der Waals surface area contributed by atoms with Crippen LogP contribution in [0.4, 0.5) is 4.79 Å². The van der Waals surface area contributed by atoms with Crippen molar-refractivity contribution in [2.75, 3.05) is 0 Å². The van der Waals surface area contributed by atoms with E-state index in [4.69, 9.17) is 4.74 Å². The number of Topliss-reactive ketones (excluding diaryl/α,β-unsaturated/α-hetero) is 1. The minimum Gasteiger partial charge on any atom is -0.444 e. The first-order valence-corrected chi connectivity index (χ1v) is 7.07. The Balaban J connectivity index is 2.96. The molecule has 1 N–H and O–H groups in total. The average Bonchev–Trinajstić information content (AvgIpc) is 2.67. The molecular weight excluding hydrogens is 268 g/mol. The number of ketones is 1. The highest BCUT2D eigenvalue weighted by Gasteiger charge is 2.35. The van der Waals surface area contributed by atoms with E-state index in [9.17, 15) is 9.59 Å². The van der Waals surface area contributed by atoms with Gasteiger partial charge in [-0.1, -0.05) is 20.8 Å². The maximum absolute atomic E-state index is 12.7. The van der Waals surface area contributed by atoms with Crippen LogP contribution in [0.1, 0.15) is 52.0 Å². The number of carbonyl (C=O) groups is 2. The van der Waals surface area contributed by atoms with Gasteiger partial charge >= 0.3 is 6.09 Å². The molecule has 1 atom stereocenters. The lowest BCUT2D eigenvalue weighted by Crippen LogP contribution is -2.50. The van der Waals surface area contributed by atoms with Crippen molar-refractivity contribution in [3.63, 3.8) is 0 Å². The SMILES string of the molecule is Cn1cccc1C(=O)[C@@H](NC(=O)OC(C)(C)C)C(C)(C)C. The van der Waals surface area contributed by atoms with Crippen LogP contribution in [0.15, 0.2) is 18.3 Å². The molecule has 0 aromatic carbocycles. The minimum absolute atomic E-state index is 0.124. The minimum atomic E-state index is -0.652. The number of aryl methyl sites for hydroxylation is 1. The summed E-state index contributed by atoms with van der Waals surface area (Å²) in [5, 5.41) is 2.70. The maximum Gasteiger partial charge on any atom is 0.408 e. The fourth-order valence-electron chi connectivity index (χ4n) is 1.97. The number of ether oxygens (including phenoxy) is 1. The third-order valence-electron chi connectivity index (χ3n) is 2.99. The number of hydrogen-bond donors (Lipinski definition) is 1. The van der Waals surface area contributed by atoms with Crippen LogP contribution in [0, 0.1) is 5.41 Å². The average molecular weight is 294 g/mol. The third-order valence-corrected chi connectivity index (χ3v) is 2.99. The largest absolute Gasteiger partial charge is 0.444 e. The molecule has 0 saturated carbocycles. The molecule has 0 aliphatic heterocycles. The van der Waals surface area contributed by atoms with E-state index in [0.29, 0.717) is 5.69 Å². The van der Waals surface area contributed by atoms with Gasteiger partial charge < -0.3 is 14.6 Å². The molecule has 0 spiro atoms. The number of nitrogens with zero attached hydrogens (tertiary/aromatic N) is 1. The van der Waals surface area contributed by atoms with Gasteiger partial charge in [-0.3, -0.25) is 4.79 Å². The number of rotatable bonds is 3. The molecule has 0 saturated heterocycles. The van der Waals surface area contributed by atoms with E-state index < -0.39 is 23.2 Å². The van der Waals surface area contributed by atoms with Crippen LogP contribution in [-0.4, -0.2) is 28.1 Å². The van der Waals surface area contributed by atoms with E-state index in [1.165, 1.54) is 0 Å². The Morgan fingerprint density at radius 2 is 1.76 bits per heavy atom. The van der Waals surface area contributed by atoms with Crippen molar-refractivity contribution in [3.8, 4) is 0 Å².